The molecule has 2 fully saturated rings. The van der Waals surface area contributed by atoms with Crippen molar-refractivity contribution in [2.75, 3.05) is 37.7 Å². The van der Waals surface area contributed by atoms with Crippen LogP contribution in [-0.2, 0) is 16.1 Å². The van der Waals surface area contributed by atoms with Gasteiger partial charge in [-0.15, -0.1) is 0 Å². The van der Waals surface area contributed by atoms with Crippen LogP contribution < -0.4 is 15.5 Å². The number of hydrogen-bond donors (Lipinski definition) is 2. The van der Waals surface area contributed by atoms with E-state index in [0.29, 0.717) is 19.7 Å². The Bertz CT molecular complexity index is 492. The highest BCUT2D eigenvalue weighted by Crippen LogP contribution is 2.17. The number of ether oxygens (including phenoxy) is 1. The van der Waals surface area contributed by atoms with Crippen LogP contribution >= 0.6 is 0 Å². The third kappa shape index (κ3) is 4.65. The van der Waals surface area contributed by atoms with Gasteiger partial charge in [0.25, 0.3) is 5.91 Å². The van der Waals surface area contributed by atoms with E-state index >= 15 is 0 Å². The molecule has 2 aliphatic heterocycles. The Hall–Kier alpha value is -1.66. The Labute approximate surface area is 137 Å². The molecule has 2 N–H and O–H groups in total. The number of carbonyl (C=O) groups is 1. The molecule has 3 heterocycles. The monoisotopic (exact) mass is 318 g/mol. The van der Waals surface area contributed by atoms with E-state index < -0.39 is 0 Å². The second-order valence-electron chi connectivity index (χ2n) is 6.21. The summed E-state index contributed by atoms with van der Waals surface area (Å²) < 4.78 is 5.44. The number of morpholine rings is 1. The summed E-state index contributed by atoms with van der Waals surface area (Å²) >= 11 is 0. The Balaban J connectivity index is 1.49. The van der Waals surface area contributed by atoms with Crippen LogP contribution in [0.4, 0.5) is 5.82 Å². The summed E-state index contributed by atoms with van der Waals surface area (Å²) in [7, 11) is 0. The minimum Gasteiger partial charge on any atom is -0.366 e. The van der Waals surface area contributed by atoms with E-state index in [-0.39, 0.29) is 12.0 Å². The first-order valence-corrected chi connectivity index (χ1v) is 8.63. The Morgan fingerprint density at radius 1 is 1.30 bits per heavy atom. The van der Waals surface area contributed by atoms with Gasteiger partial charge in [0.1, 0.15) is 11.9 Å². The van der Waals surface area contributed by atoms with Crippen LogP contribution in [0.2, 0.25) is 0 Å². The molecule has 0 saturated carbocycles. The van der Waals surface area contributed by atoms with Crippen molar-refractivity contribution in [3.8, 4) is 0 Å². The molecular weight excluding hydrogens is 292 g/mol. The quantitative estimate of drug-likeness (QED) is 0.869. The molecule has 6 heteroatoms. The van der Waals surface area contributed by atoms with Gasteiger partial charge in [-0.1, -0.05) is 18.9 Å². The number of amides is 1. The highest BCUT2D eigenvalue weighted by atomic mass is 16.5. The molecule has 23 heavy (non-hydrogen) atoms. The molecule has 0 unspecified atom stereocenters. The van der Waals surface area contributed by atoms with E-state index in [2.05, 4.69) is 26.6 Å². The van der Waals surface area contributed by atoms with Gasteiger partial charge in [0.15, 0.2) is 0 Å². The van der Waals surface area contributed by atoms with Crippen LogP contribution in [0.15, 0.2) is 18.3 Å². The van der Waals surface area contributed by atoms with E-state index in [4.69, 9.17) is 4.74 Å². The number of anilines is 1. The number of rotatable bonds is 4. The third-order valence-electron chi connectivity index (χ3n) is 4.43. The fourth-order valence-electron chi connectivity index (χ4n) is 3.04. The van der Waals surface area contributed by atoms with Gasteiger partial charge in [-0.3, -0.25) is 4.79 Å². The van der Waals surface area contributed by atoms with Gasteiger partial charge in [0.05, 0.1) is 6.61 Å². The third-order valence-corrected chi connectivity index (χ3v) is 4.43. The first-order valence-electron chi connectivity index (χ1n) is 8.63. The lowest BCUT2D eigenvalue weighted by Crippen LogP contribution is -2.47. The standard InChI is InChI=1S/C17H26N4O2/c22-17(15-13-18-7-10-23-15)20-12-14-5-6-16(19-11-14)21-8-3-1-2-4-9-21/h5-6,11,15,18H,1-4,7-10,12-13H2,(H,20,22)/t15-/m1/s1. The van der Waals surface area contributed by atoms with Crippen molar-refractivity contribution in [2.45, 2.75) is 38.3 Å². The number of pyridine rings is 1. The second-order valence-corrected chi connectivity index (χ2v) is 6.21. The maximum Gasteiger partial charge on any atom is 0.250 e. The minimum atomic E-state index is -0.381. The lowest BCUT2D eigenvalue weighted by Gasteiger charge is -2.23. The molecule has 3 rings (SSSR count). The van der Waals surface area contributed by atoms with Gasteiger partial charge in [-0.05, 0) is 24.5 Å². The van der Waals surface area contributed by atoms with Crippen LogP contribution in [0.25, 0.3) is 0 Å². The number of nitrogens with zero attached hydrogens (tertiary/aromatic N) is 2. The summed E-state index contributed by atoms with van der Waals surface area (Å²) in [6.07, 6.45) is 6.61. The van der Waals surface area contributed by atoms with E-state index in [1.165, 1.54) is 25.7 Å². The lowest BCUT2D eigenvalue weighted by molar-refractivity contribution is -0.134. The summed E-state index contributed by atoms with van der Waals surface area (Å²) in [5.41, 5.74) is 1.01. The molecule has 126 valence electrons. The molecular formula is C17H26N4O2. The normalized spacial score (nSPS) is 22.4. The van der Waals surface area contributed by atoms with E-state index in [9.17, 15) is 4.79 Å². The second kappa shape index (κ2) is 8.26. The van der Waals surface area contributed by atoms with Crippen molar-refractivity contribution >= 4 is 11.7 Å². The van der Waals surface area contributed by atoms with Gasteiger partial charge < -0.3 is 20.3 Å². The van der Waals surface area contributed by atoms with Crippen molar-refractivity contribution in [1.29, 1.82) is 0 Å². The fourth-order valence-corrected chi connectivity index (χ4v) is 3.04. The van der Waals surface area contributed by atoms with Crippen molar-refractivity contribution < 1.29 is 9.53 Å². The maximum atomic E-state index is 12.0. The van der Waals surface area contributed by atoms with Crippen molar-refractivity contribution in [2.24, 2.45) is 0 Å². The first-order chi connectivity index (χ1) is 11.3. The molecule has 0 aromatic carbocycles. The van der Waals surface area contributed by atoms with E-state index in [0.717, 1.165) is 31.0 Å². The van der Waals surface area contributed by atoms with Crippen LogP contribution in [0.3, 0.4) is 0 Å². The first kappa shape index (κ1) is 16.2. The summed E-state index contributed by atoms with van der Waals surface area (Å²) in [6, 6.07) is 4.11. The van der Waals surface area contributed by atoms with Crippen molar-refractivity contribution in [1.82, 2.24) is 15.6 Å². The predicted octanol–water partition coefficient (Wildman–Crippen LogP) is 1.07. The zero-order valence-electron chi connectivity index (χ0n) is 13.6. The van der Waals surface area contributed by atoms with Gasteiger partial charge in [0, 0.05) is 38.9 Å². The Morgan fingerprint density at radius 3 is 2.78 bits per heavy atom. The van der Waals surface area contributed by atoms with Crippen LogP contribution in [0.5, 0.6) is 0 Å². The van der Waals surface area contributed by atoms with Gasteiger partial charge in [-0.2, -0.15) is 0 Å². The van der Waals surface area contributed by atoms with Gasteiger partial charge in [-0.25, -0.2) is 4.98 Å². The maximum absolute atomic E-state index is 12.0. The number of nitrogens with one attached hydrogen (secondary N) is 2. The lowest BCUT2D eigenvalue weighted by atomic mass is 10.2. The van der Waals surface area contributed by atoms with Crippen LogP contribution in [0, 0.1) is 0 Å². The highest BCUT2D eigenvalue weighted by Gasteiger charge is 2.21. The molecule has 1 aromatic rings. The molecule has 1 amide bonds. The van der Waals surface area contributed by atoms with Gasteiger partial charge in [0.2, 0.25) is 0 Å². The number of aromatic nitrogens is 1. The number of carbonyl (C=O) groups excluding carboxylic acids is 1. The van der Waals surface area contributed by atoms with Crippen molar-refractivity contribution in [3.05, 3.63) is 23.9 Å². The predicted molar refractivity (Wildman–Crippen MR) is 89.4 cm³/mol. The zero-order chi connectivity index (χ0) is 15.9. The molecule has 1 aromatic heterocycles. The highest BCUT2D eigenvalue weighted by molar-refractivity contribution is 5.81. The van der Waals surface area contributed by atoms with E-state index in [1.54, 1.807) is 0 Å². The van der Waals surface area contributed by atoms with Crippen molar-refractivity contribution in [3.63, 3.8) is 0 Å². The Kier molecular flexibility index (Phi) is 5.82. The van der Waals surface area contributed by atoms with E-state index in [1.807, 2.05) is 12.3 Å². The molecule has 0 aliphatic carbocycles. The fraction of sp³-hybridized carbons (Fsp3) is 0.647. The average molecular weight is 318 g/mol. The molecule has 2 aliphatic rings. The Morgan fingerprint density at radius 2 is 2.13 bits per heavy atom. The average Bonchev–Trinajstić information content (AvgIpc) is 2.90. The SMILES string of the molecule is O=C(NCc1ccc(N2CCCCCC2)nc1)[C@H]1CNCCO1. The largest absolute Gasteiger partial charge is 0.366 e. The summed E-state index contributed by atoms with van der Waals surface area (Å²) in [4.78, 5) is 18.9. The molecule has 0 radical (unpaired) electrons. The molecule has 6 nitrogen and oxygen atoms in total. The molecule has 1 atom stereocenters. The molecule has 0 bridgehead atoms. The number of hydrogen-bond acceptors (Lipinski definition) is 5. The zero-order valence-corrected chi connectivity index (χ0v) is 13.6. The molecule has 0 spiro atoms. The molecule has 2 saturated heterocycles. The topological polar surface area (TPSA) is 66.5 Å². The van der Waals surface area contributed by atoms with Crippen LogP contribution in [0.1, 0.15) is 31.2 Å². The summed E-state index contributed by atoms with van der Waals surface area (Å²) in [5, 5.41) is 6.08. The minimum absolute atomic E-state index is 0.0613. The van der Waals surface area contributed by atoms with Gasteiger partial charge >= 0.3 is 0 Å². The summed E-state index contributed by atoms with van der Waals surface area (Å²) in [5.74, 6) is 0.982. The summed E-state index contributed by atoms with van der Waals surface area (Å²) in [6.45, 7) is 4.66. The van der Waals surface area contributed by atoms with Crippen LogP contribution in [-0.4, -0.2) is 49.8 Å². The smallest absolute Gasteiger partial charge is 0.250 e.